The van der Waals surface area contributed by atoms with Crippen molar-refractivity contribution in [1.82, 2.24) is 0 Å². The average molecular weight is 273 g/mol. The van der Waals surface area contributed by atoms with E-state index in [0.717, 1.165) is 0 Å². The molecule has 0 aliphatic heterocycles. The van der Waals surface area contributed by atoms with Crippen LogP contribution in [0.1, 0.15) is 17.3 Å². The summed E-state index contributed by atoms with van der Waals surface area (Å²) in [7, 11) is 0. The zero-order valence-electron chi connectivity index (χ0n) is 8.01. The van der Waals surface area contributed by atoms with Crippen molar-refractivity contribution in [2.24, 2.45) is 0 Å². The van der Waals surface area contributed by atoms with Crippen LogP contribution in [0.15, 0.2) is 24.3 Å². The molecule has 0 aliphatic carbocycles. The number of hydrogen-bond acceptors (Lipinski definition) is 2. The minimum absolute atomic E-state index is 0.200. The van der Waals surface area contributed by atoms with Gasteiger partial charge in [-0.2, -0.15) is 0 Å². The van der Waals surface area contributed by atoms with E-state index in [1.54, 1.807) is 25.1 Å². The van der Waals surface area contributed by atoms with Crippen molar-refractivity contribution < 1.29 is 19.8 Å². The van der Waals surface area contributed by atoms with Crippen molar-refractivity contribution in [2.75, 3.05) is 0 Å². The zero-order valence-corrected chi connectivity index (χ0v) is 9.72. The molecular formula is C10H10O4Se. The van der Waals surface area contributed by atoms with Crippen LogP contribution in [0.3, 0.4) is 0 Å². The van der Waals surface area contributed by atoms with Crippen LogP contribution >= 0.6 is 0 Å². The van der Waals surface area contributed by atoms with Gasteiger partial charge >= 0.3 is 92.7 Å². The molecule has 1 rings (SSSR count). The third-order valence-corrected chi connectivity index (χ3v) is 4.21. The van der Waals surface area contributed by atoms with Gasteiger partial charge in [-0.05, 0) is 0 Å². The number of carboxylic acid groups (broad SMARTS) is 2. The van der Waals surface area contributed by atoms with Crippen LogP contribution in [-0.2, 0) is 4.79 Å². The molecule has 0 radical (unpaired) electrons. The summed E-state index contributed by atoms with van der Waals surface area (Å²) in [4.78, 5) is 21.0. The summed E-state index contributed by atoms with van der Waals surface area (Å²) in [5.41, 5.74) is 0.200. The Bertz CT molecular complexity index is 389. The van der Waals surface area contributed by atoms with E-state index in [4.69, 9.17) is 10.2 Å². The van der Waals surface area contributed by atoms with Crippen LogP contribution in [-0.4, -0.2) is 37.1 Å². The van der Waals surface area contributed by atoms with Crippen LogP contribution in [0.2, 0.25) is 4.82 Å². The Morgan fingerprint density at radius 3 is 2.40 bits per heavy atom. The molecule has 0 spiro atoms. The molecule has 0 saturated heterocycles. The van der Waals surface area contributed by atoms with Gasteiger partial charge in [0, 0.05) is 0 Å². The van der Waals surface area contributed by atoms with E-state index in [2.05, 4.69) is 0 Å². The predicted octanol–water partition coefficient (Wildman–Crippen LogP) is 0.607. The van der Waals surface area contributed by atoms with Crippen LogP contribution in [0, 0.1) is 0 Å². The van der Waals surface area contributed by atoms with E-state index in [1.807, 2.05) is 0 Å². The van der Waals surface area contributed by atoms with E-state index in [0.29, 0.717) is 4.46 Å². The molecule has 0 heterocycles. The SMILES string of the molecule is CC([Se]c1ccccc1C(=O)O)C(=O)O. The van der Waals surface area contributed by atoms with Gasteiger partial charge in [0.25, 0.3) is 0 Å². The second-order valence-electron chi connectivity index (χ2n) is 2.90. The molecule has 0 fully saturated rings. The fraction of sp³-hybridized carbons (Fsp3) is 0.200. The molecule has 0 amide bonds. The Morgan fingerprint density at radius 2 is 1.87 bits per heavy atom. The first kappa shape index (κ1) is 11.8. The van der Waals surface area contributed by atoms with Crippen LogP contribution in [0.4, 0.5) is 0 Å². The first-order valence-corrected chi connectivity index (χ1v) is 6.08. The Kier molecular flexibility index (Phi) is 3.88. The molecule has 1 unspecified atom stereocenters. The molecule has 1 atom stereocenters. The standard InChI is InChI=1S/C10H10O4Se/c1-6(9(11)12)15-8-5-3-2-4-7(8)10(13)14/h2-6H,1H3,(H,11,12)(H,13,14). The average Bonchev–Trinajstić information content (AvgIpc) is 2.18. The Balaban J connectivity index is 2.94. The number of hydrogen-bond donors (Lipinski definition) is 2. The van der Waals surface area contributed by atoms with Crippen molar-refractivity contribution in [3.05, 3.63) is 29.8 Å². The Morgan fingerprint density at radius 1 is 1.27 bits per heavy atom. The summed E-state index contributed by atoms with van der Waals surface area (Å²) in [5.74, 6) is -1.90. The summed E-state index contributed by atoms with van der Waals surface area (Å²) < 4.78 is 0.618. The Labute approximate surface area is 93.1 Å². The normalized spacial score (nSPS) is 12.1. The summed E-state index contributed by atoms with van der Waals surface area (Å²) >= 11 is -0.360. The molecule has 5 heteroatoms. The number of benzene rings is 1. The molecule has 4 nitrogen and oxygen atoms in total. The van der Waals surface area contributed by atoms with Gasteiger partial charge in [-0.15, -0.1) is 0 Å². The van der Waals surface area contributed by atoms with Gasteiger partial charge < -0.3 is 0 Å². The van der Waals surface area contributed by atoms with Crippen LogP contribution < -0.4 is 4.46 Å². The summed E-state index contributed by atoms with van der Waals surface area (Å²) in [5, 5.41) is 17.6. The molecule has 0 aliphatic rings. The predicted molar refractivity (Wildman–Crippen MR) is 55.8 cm³/mol. The molecule has 0 bridgehead atoms. The summed E-state index contributed by atoms with van der Waals surface area (Å²) in [6.45, 7) is 1.58. The fourth-order valence-corrected chi connectivity index (χ4v) is 2.92. The fourth-order valence-electron chi connectivity index (χ4n) is 0.987. The molecule has 15 heavy (non-hydrogen) atoms. The zero-order chi connectivity index (χ0) is 11.4. The van der Waals surface area contributed by atoms with E-state index < -0.39 is 16.8 Å². The van der Waals surface area contributed by atoms with E-state index >= 15 is 0 Å². The van der Waals surface area contributed by atoms with Gasteiger partial charge in [0.15, 0.2) is 0 Å². The van der Waals surface area contributed by atoms with E-state index in [-0.39, 0.29) is 20.5 Å². The van der Waals surface area contributed by atoms with Gasteiger partial charge in [0.2, 0.25) is 0 Å². The van der Waals surface area contributed by atoms with Crippen LogP contribution in [0.5, 0.6) is 0 Å². The molecule has 2 N–H and O–H groups in total. The number of carbonyl (C=O) groups is 2. The molecule has 0 saturated carbocycles. The van der Waals surface area contributed by atoms with Gasteiger partial charge in [0.1, 0.15) is 0 Å². The van der Waals surface area contributed by atoms with Gasteiger partial charge in [-0.3, -0.25) is 0 Å². The molecular weight excluding hydrogens is 263 g/mol. The van der Waals surface area contributed by atoms with Crippen molar-refractivity contribution in [2.45, 2.75) is 11.7 Å². The summed E-state index contributed by atoms with van der Waals surface area (Å²) in [6.07, 6.45) is 0. The monoisotopic (exact) mass is 274 g/mol. The van der Waals surface area contributed by atoms with Crippen molar-refractivity contribution in [3.63, 3.8) is 0 Å². The molecule has 1 aromatic carbocycles. The number of aromatic carboxylic acids is 1. The number of aliphatic carboxylic acids is 1. The third-order valence-electron chi connectivity index (χ3n) is 1.77. The quantitative estimate of drug-likeness (QED) is 0.788. The van der Waals surface area contributed by atoms with Crippen molar-refractivity contribution in [3.8, 4) is 0 Å². The minimum atomic E-state index is -1.01. The topological polar surface area (TPSA) is 74.6 Å². The second kappa shape index (κ2) is 4.96. The van der Waals surface area contributed by atoms with Crippen molar-refractivity contribution in [1.29, 1.82) is 0 Å². The van der Waals surface area contributed by atoms with Crippen molar-refractivity contribution >= 4 is 31.4 Å². The summed E-state index contributed by atoms with van der Waals surface area (Å²) in [6, 6.07) is 6.52. The van der Waals surface area contributed by atoms with Gasteiger partial charge in [-0.25, -0.2) is 0 Å². The number of rotatable bonds is 4. The Hall–Kier alpha value is -1.32. The molecule has 80 valence electrons. The van der Waals surface area contributed by atoms with Gasteiger partial charge in [0.05, 0.1) is 0 Å². The molecule has 0 aromatic heterocycles. The maximum atomic E-state index is 10.8. The third kappa shape index (κ3) is 3.08. The van der Waals surface area contributed by atoms with Gasteiger partial charge in [-0.1, -0.05) is 0 Å². The molecule has 1 aromatic rings. The van der Waals surface area contributed by atoms with E-state index in [9.17, 15) is 9.59 Å². The maximum absolute atomic E-state index is 10.8. The van der Waals surface area contributed by atoms with E-state index in [1.165, 1.54) is 6.07 Å². The number of carboxylic acids is 2. The first-order chi connectivity index (χ1) is 7.02. The first-order valence-electron chi connectivity index (χ1n) is 4.24. The second-order valence-corrected chi connectivity index (χ2v) is 5.80. The van der Waals surface area contributed by atoms with Crippen LogP contribution in [0.25, 0.3) is 0 Å².